The molecule has 0 fully saturated rings. The van der Waals surface area contributed by atoms with E-state index >= 15 is 0 Å². The van der Waals surface area contributed by atoms with Crippen molar-refractivity contribution in [3.63, 3.8) is 0 Å². The Morgan fingerprint density at radius 1 is 1.21 bits per heavy atom. The van der Waals surface area contributed by atoms with Gasteiger partial charge in [-0.3, -0.25) is 9.89 Å². The molecule has 29 heavy (non-hydrogen) atoms. The summed E-state index contributed by atoms with van der Waals surface area (Å²) in [6, 6.07) is 9.93. The topological polar surface area (TPSA) is 59.6 Å². The molecule has 0 aliphatic heterocycles. The zero-order valence-corrected chi connectivity index (χ0v) is 19.2. The molecule has 2 N–H and O–H groups in total. The van der Waals surface area contributed by atoms with Crippen molar-refractivity contribution >= 4 is 29.9 Å². The van der Waals surface area contributed by atoms with E-state index in [1.165, 1.54) is 11.9 Å². The molecule has 1 aromatic carbocycles. The third-order valence-corrected chi connectivity index (χ3v) is 4.12. The number of aromatic nitrogens is 2. The fourth-order valence-electron chi connectivity index (χ4n) is 2.83. The summed E-state index contributed by atoms with van der Waals surface area (Å²) in [5.41, 5.74) is 2.01. The highest BCUT2D eigenvalue weighted by Gasteiger charge is 2.28. The summed E-state index contributed by atoms with van der Waals surface area (Å²) >= 11 is 0. The maximum Gasteiger partial charge on any atom is 0.401 e. The van der Waals surface area contributed by atoms with Crippen molar-refractivity contribution in [1.29, 1.82) is 0 Å². The van der Waals surface area contributed by atoms with E-state index < -0.39 is 12.7 Å². The zero-order chi connectivity index (χ0) is 20.6. The number of halogens is 4. The highest BCUT2D eigenvalue weighted by Crippen LogP contribution is 2.17. The summed E-state index contributed by atoms with van der Waals surface area (Å²) < 4.78 is 37.0. The first-order valence-corrected chi connectivity index (χ1v) is 9.05. The third-order valence-electron chi connectivity index (χ3n) is 4.12. The number of hydrogen-bond donors (Lipinski definition) is 2. The lowest BCUT2D eigenvalue weighted by atomic mass is 10.2. The van der Waals surface area contributed by atoms with Crippen molar-refractivity contribution in [1.82, 2.24) is 25.1 Å². The molecule has 2 rings (SSSR count). The van der Waals surface area contributed by atoms with Gasteiger partial charge in [-0.2, -0.15) is 13.2 Å². The van der Waals surface area contributed by atoms with Gasteiger partial charge in [0.2, 0.25) is 0 Å². The van der Waals surface area contributed by atoms with E-state index in [0.29, 0.717) is 32.0 Å². The van der Waals surface area contributed by atoms with Gasteiger partial charge in [0.15, 0.2) is 5.96 Å². The number of hydrogen-bond acceptors (Lipinski definition) is 3. The molecule has 0 saturated heterocycles. The van der Waals surface area contributed by atoms with E-state index in [0.717, 1.165) is 17.1 Å². The van der Waals surface area contributed by atoms with Gasteiger partial charge < -0.3 is 15.2 Å². The number of aromatic amines is 1. The molecule has 2 aromatic rings. The van der Waals surface area contributed by atoms with E-state index in [1.807, 2.05) is 42.3 Å². The van der Waals surface area contributed by atoms with Crippen LogP contribution in [0.1, 0.15) is 12.2 Å². The molecule has 1 aromatic heterocycles. The molecular formula is C19H28F3IN6. The van der Waals surface area contributed by atoms with E-state index in [1.54, 1.807) is 13.2 Å². The SMILES string of the molecule is CN=C(NCCCN(C)CC(F)(F)F)N(C)Cc1ncc(-c2ccccc2)[nH]1.I. The van der Waals surface area contributed by atoms with Gasteiger partial charge >= 0.3 is 6.18 Å². The van der Waals surface area contributed by atoms with Gasteiger partial charge in [0, 0.05) is 20.6 Å². The molecule has 0 bridgehead atoms. The third kappa shape index (κ3) is 9.03. The quantitative estimate of drug-likeness (QED) is 0.240. The lowest BCUT2D eigenvalue weighted by Crippen LogP contribution is -2.40. The van der Waals surface area contributed by atoms with Crippen LogP contribution < -0.4 is 5.32 Å². The summed E-state index contributed by atoms with van der Waals surface area (Å²) in [6.45, 7) is 0.517. The molecule has 0 aliphatic carbocycles. The minimum atomic E-state index is -4.17. The van der Waals surface area contributed by atoms with Crippen molar-refractivity contribution in [2.24, 2.45) is 4.99 Å². The summed E-state index contributed by atoms with van der Waals surface area (Å²) in [4.78, 5) is 15.1. The Morgan fingerprint density at radius 2 is 1.90 bits per heavy atom. The second-order valence-corrected chi connectivity index (χ2v) is 6.65. The Morgan fingerprint density at radius 3 is 2.52 bits per heavy atom. The van der Waals surface area contributed by atoms with Crippen LogP contribution in [0, 0.1) is 0 Å². The second-order valence-electron chi connectivity index (χ2n) is 6.65. The van der Waals surface area contributed by atoms with Gasteiger partial charge in [-0.25, -0.2) is 4.98 Å². The predicted octanol–water partition coefficient (Wildman–Crippen LogP) is 3.59. The van der Waals surface area contributed by atoms with E-state index in [-0.39, 0.29) is 24.0 Å². The molecule has 6 nitrogen and oxygen atoms in total. The first-order valence-electron chi connectivity index (χ1n) is 9.05. The maximum atomic E-state index is 12.3. The number of guanidine groups is 1. The zero-order valence-electron chi connectivity index (χ0n) is 16.8. The van der Waals surface area contributed by atoms with Crippen LogP contribution in [0.5, 0.6) is 0 Å². The number of aliphatic imine (C=N–C) groups is 1. The Bertz CT molecular complexity index is 748. The van der Waals surface area contributed by atoms with Crippen LogP contribution >= 0.6 is 24.0 Å². The normalized spacial score (nSPS) is 12.0. The number of nitrogens with one attached hydrogen (secondary N) is 2. The van der Waals surface area contributed by atoms with Gasteiger partial charge in [-0.05, 0) is 25.6 Å². The monoisotopic (exact) mass is 524 g/mol. The molecule has 0 spiro atoms. The van der Waals surface area contributed by atoms with Crippen LogP contribution in [0.2, 0.25) is 0 Å². The Hall–Kier alpha value is -1.82. The van der Waals surface area contributed by atoms with Crippen LogP contribution in [-0.2, 0) is 6.54 Å². The van der Waals surface area contributed by atoms with Gasteiger partial charge in [0.1, 0.15) is 5.82 Å². The van der Waals surface area contributed by atoms with Crippen LogP contribution in [0.15, 0.2) is 41.5 Å². The number of rotatable bonds is 8. The second kappa shape index (κ2) is 12.0. The molecule has 0 amide bonds. The minimum absolute atomic E-state index is 0. The standard InChI is InChI=1S/C19H27F3N6.HI/c1-23-18(24-10-7-11-27(2)14-19(20,21)22)28(3)13-17-25-12-16(26-17)15-8-5-4-6-9-15;/h4-6,8-9,12H,7,10-11,13-14H2,1-3H3,(H,23,24)(H,25,26);1H. The molecular weight excluding hydrogens is 496 g/mol. The van der Waals surface area contributed by atoms with Crippen LogP contribution in [-0.4, -0.2) is 72.7 Å². The summed E-state index contributed by atoms with van der Waals surface area (Å²) in [6.07, 6.45) is -1.79. The lowest BCUT2D eigenvalue weighted by molar-refractivity contribution is -0.143. The van der Waals surface area contributed by atoms with Crippen molar-refractivity contribution in [3.05, 3.63) is 42.4 Å². The van der Waals surface area contributed by atoms with Gasteiger partial charge in [0.25, 0.3) is 0 Å². The van der Waals surface area contributed by atoms with Crippen LogP contribution in [0.4, 0.5) is 13.2 Å². The molecule has 1 heterocycles. The van der Waals surface area contributed by atoms with Crippen molar-refractivity contribution < 1.29 is 13.2 Å². The number of nitrogens with zero attached hydrogens (tertiary/aromatic N) is 4. The average Bonchev–Trinajstić information content (AvgIpc) is 3.09. The van der Waals surface area contributed by atoms with Crippen LogP contribution in [0.25, 0.3) is 11.3 Å². The number of benzene rings is 1. The molecule has 0 radical (unpaired) electrons. The number of imidazole rings is 1. The molecule has 0 aliphatic rings. The number of alkyl halides is 3. The highest BCUT2D eigenvalue weighted by atomic mass is 127. The summed E-state index contributed by atoms with van der Waals surface area (Å²) in [5, 5.41) is 3.17. The van der Waals surface area contributed by atoms with E-state index in [4.69, 9.17) is 0 Å². The molecule has 162 valence electrons. The van der Waals surface area contributed by atoms with E-state index in [2.05, 4.69) is 20.3 Å². The molecule has 0 saturated carbocycles. The van der Waals surface area contributed by atoms with Gasteiger partial charge in [-0.15, -0.1) is 24.0 Å². The van der Waals surface area contributed by atoms with Gasteiger partial charge in [-0.1, -0.05) is 30.3 Å². The predicted molar refractivity (Wildman–Crippen MR) is 120 cm³/mol. The number of H-pyrrole nitrogens is 1. The fraction of sp³-hybridized carbons (Fsp3) is 0.474. The molecule has 10 heteroatoms. The fourth-order valence-corrected chi connectivity index (χ4v) is 2.83. The Labute approximate surface area is 186 Å². The maximum absolute atomic E-state index is 12.3. The van der Waals surface area contributed by atoms with Gasteiger partial charge in [0.05, 0.1) is 25.0 Å². The van der Waals surface area contributed by atoms with Crippen molar-refractivity contribution in [3.8, 4) is 11.3 Å². The minimum Gasteiger partial charge on any atom is -0.356 e. The average molecular weight is 524 g/mol. The Balaban J connectivity index is 0.00000420. The van der Waals surface area contributed by atoms with Crippen molar-refractivity contribution in [2.45, 2.75) is 19.1 Å². The Kier molecular flexibility index (Phi) is 10.4. The first-order chi connectivity index (χ1) is 13.3. The van der Waals surface area contributed by atoms with Crippen LogP contribution in [0.3, 0.4) is 0 Å². The lowest BCUT2D eigenvalue weighted by Gasteiger charge is -2.22. The highest BCUT2D eigenvalue weighted by molar-refractivity contribution is 14.0. The van der Waals surface area contributed by atoms with E-state index in [9.17, 15) is 13.2 Å². The molecule has 0 unspecified atom stereocenters. The summed E-state index contributed by atoms with van der Waals surface area (Å²) in [5.74, 6) is 1.46. The largest absolute Gasteiger partial charge is 0.401 e. The molecule has 0 atom stereocenters. The summed E-state index contributed by atoms with van der Waals surface area (Å²) in [7, 11) is 5.03. The smallest absolute Gasteiger partial charge is 0.356 e. The first kappa shape index (κ1) is 25.2. The van der Waals surface area contributed by atoms with Crippen molar-refractivity contribution in [2.75, 3.05) is 40.8 Å².